The molecule has 1 aliphatic rings. The number of hydrogen-bond donors (Lipinski definition) is 1. The van der Waals surface area contributed by atoms with Crippen molar-refractivity contribution in [3.05, 3.63) is 11.9 Å². The van der Waals surface area contributed by atoms with Crippen LogP contribution < -0.4 is 5.73 Å². The normalized spacial score (nSPS) is 32.4. The lowest BCUT2D eigenvalue weighted by atomic mass is 10.0. The summed E-state index contributed by atoms with van der Waals surface area (Å²) >= 11 is 0. The van der Waals surface area contributed by atoms with Crippen molar-refractivity contribution in [2.24, 2.45) is 12.8 Å². The van der Waals surface area contributed by atoms with Gasteiger partial charge in [-0.1, -0.05) is 5.21 Å². The maximum atomic E-state index is 5.86. The third-order valence-corrected chi connectivity index (χ3v) is 2.74. The van der Waals surface area contributed by atoms with Crippen LogP contribution in [0.25, 0.3) is 0 Å². The van der Waals surface area contributed by atoms with Gasteiger partial charge in [0.2, 0.25) is 0 Å². The van der Waals surface area contributed by atoms with Crippen molar-refractivity contribution in [1.82, 2.24) is 15.0 Å². The van der Waals surface area contributed by atoms with Gasteiger partial charge in [0.25, 0.3) is 0 Å². The first-order valence-electron chi connectivity index (χ1n) is 4.87. The molecule has 2 atom stereocenters. The monoisotopic (exact) mass is 196 g/mol. The van der Waals surface area contributed by atoms with Gasteiger partial charge in [-0.3, -0.25) is 4.68 Å². The van der Waals surface area contributed by atoms with Crippen molar-refractivity contribution in [3.63, 3.8) is 0 Å². The molecule has 0 spiro atoms. The van der Waals surface area contributed by atoms with Gasteiger partial charge in [0.15, 0.2) is 0 Å². The molecule has 0 aliphatic carbocycles. The molecule has 0 bridgehead atoms. The van der Waals surface area contributed by atoms with E-state index >= 15 is 0 Å². The quantitative estimate of drug-likeness (QED) is 0.742. The van der Waals surface area contributed by atoms with Crippen LogP contribution in [0.2, 0.25) is 0 Å². The highest BCUT2D eigenvalue weighted by atomic mass is 16.5. The highest BCUT2D eigenvalue weighted by Crippen LogP contribution is 2.37. The molecule has 0 radical (unpaired) electrons. The Morgan fingerprint density at radius 2 is 2.57 bits per heavy atom. The Bertz CT molecular complexity index is 324. The van der Waals surface area contributed by atoms with Crippen LogP contribution in [0.15, 0.2) is 6.20 Å². The van der Waals surface area contributed by atoms with Crippen molar-refractivity contribution in [2.45, 2.75) is 31.5 Å². The van der Waals surface area contributed by atoms with E-state index < -0.39 is 0 Å². The fraction of sp³-hybridized carbons (Fsp3) is 0.778. The van der Waals surface area contributed by atoms with E-state index in [1.165, 1.54) is 0 Å². The number of aryl methyl sites for hydroxylation is 1. The van der Waals surface area contributed by atoms with Gasteiger partial charge in [0, 0.05) is 13.6 Å². The Balaban J connectivity index is 2.09. The molecule has 2 unspecified atom stereocenters. The molecule has 5 heteroatoms. The minimum Gasteiger partial charge on any atom is -0.364 e. The first-order valence-corrected chi connectivity index (χ1v) is 4.87. The zero-order valence-corrected chi connectivity index (χ0v) is 8.60. The number of ether oxygens (including phenoxy) is 1. The van der Waals surface area contributed by atoms with E-state index in [4.69, 9.17) is 10.5 Å². The van der Waals surface area contributed by atoms with Crippen LogP contribution >= 0.6 is 0 Å². The standard InChI is InChI=1S/C9H16N4O/c1-9(6-10)4-3-8(14-9)7-5-13(2)12-11-7/h5,8H,3-4,6,10H2,1-2H3. The minimum atomic E-state index is -0.178. The fourth-order valence-corrected chi connectivity index (χ4v) is 1.77. The number of nitrogens with two attached hydrogens (primary N) is 1. The molecule has 1 aliphatic heterocycles. The summed E-state index contributed by atoms with van der Waals surface area (Å²) in [7, 11) is 1.85. The highest BCUT2D eigenvalue weighted by Gasteiger charge is 2.36. The second-order valence-corrected chi connectivity index (χ2v) is 4.12. The van der Waals surface area contributed by atoms with E-state index in [0.29, 0.717) is 6.54 Å². The number of rotatable bonds is 2. The van der Waals surface area contributed by atoms with Gasteiger partial charge in [-0.2, -0.15) is 0 Å². The van der Waals surface area contributed by atoms with E-state index in [1.54, 1.807) is 4.68 Å². The van der Waals surface area contributed by atoms with E-state index in [0.717, 1.165) is 18.5 Å². The van der Waals surface area contributed by atoms with Crippen LogP contribution in [0.3, 0.4) is 0 Å². The molecule has 5 nitrogen and oxygen atoms in total. The van der Waals surface area contributed by atoms with Crippen molar-refractivity contribution in [1.29, 1.82) is 0 Å². The number of nitrogens with zero attached hydrogens (tertiary/aromatic N) is 3. The van der Waals surface area contributed by atoms with Crippen LogP contribution in [0, 0.1) is 0 Å². The Labute approximate surface area is 83.2 Å². The Morgan fingerprint density at radius 1 is 1.79 bits per heavy atom. The second-order valence-electron chi connectivity index (χ2n) is 4.12. The van der Waals surface area contributed by atoms with Crippen LogP contribution in [0.5, 0.6) is 0 Å². The zero-order chi connectivity index (χ0) is 10.2. The summed E-state index contributed by atoms with van der Waals surface area (Å²) in [5, 5.41) is 7.93. The molecule has 2 N–H and O–H groups in total. The second kappa shape index (κ2) is 3.33. The van der Waals surface area contributed by atoms with E-state index in [1.807, 2.05) is 20.2 Å². The molecule has 1 aromatic heterocycles. The van der Waals surface area contributed by atoms with E-state index in [9.17, 15) is 0 Å². The van der Waals surface area contributed by atoms with Crippen molar-refractivity contribution >= 4 is 0 Å². The van der Waals surface area contributed by atoms with Gasteiger partial charge in [0.1, 0.15) is 11.8 Å². The molecule has 14 heavy (non-hydrogen) atoms. The molecule has 1 fully saturated rings. The van der Waals surface area contributed by atoms with Crippen LogP contribution in [-0.2, 0) is 11.8 Å². The topological polar surface area (TPSA) is 66.0 Å². The zero-order valence-electron chi connectivity index (χ0n) is 8.60. The number of aromatic nitrogens is 3. The third-order valence-electron chi connectivity index (χ3n) is 2.74. The van der Waals surface area contributed by atoms with E-state index in [-0.39, 0.29) is 11.7 Å². The molecular formula is C9H16N4O. The van der Waals surface area contributed by atoms with Gasteiger partial charge >= 0.3 is 0 Å². The molecule has 2 heterocycles. The summed E-state index contributed by atoms with van der Waals surface area (Å²) in [6.45, 7) is 2.60. The Morgan fingerprint density at radius 3 is 3.07 bits per heavy atom. The molecule has 0 aromatic carbocycles. The summed E-state index contributed by atoms with van der Waals surface area (Å²) in [5.41, 5.74) is 6.38. The van der Waals surface area contributed by atoms with Gasteiger partial charge in [0.05, 0.1) is 11.8 Å². The maximum absolute atomic E-state index is 5.86. The van der Waals surface area contributed by atoms with Crippen LogP contribution in [-0.4, -0.2) is 27.1 Å². The van der Waals surface area contributed by atoms with Crippen molar-refractivity contribution in [3.8, 4) is 0 Å². The van der Waals surface area contributed by atoms with E-state index in [2.05, 4.69) is 10.3 Å². The predicted octanol–water partition coefficient (Wildman–Crippen LogP) is 0.384. The van der Waals surface area contributed by atoms with Gasteiger partial charge in [-0.25, -0.2) is 0 Å². The van der Waals surface area contributed by atoms with Crippen LogP contribution in [0.1, 0.15) is 31.6 Å². The molecule has 78 valence electrons. The number of hydrogen-bond acceptors (Lipinski definition) is 4. The van der Waals surface area contributed by atoms with Gasteiger partial charge in [-0.15, -0.1) is 5.10 Å². The van der Waals surface area contributed by atoms with Gasteiger partial charge < -0.3 is 10.5 Å². The van der Waals surface area contributed by atoms with Crippen molar-refractivity contribution < 1.29 is 4.74 Å². The Hall–Kier alpha value is -0.940. The third kappa shape index (κ3) is 1.65. The molecular weight excluding hydrogens is 180 g/mol. The molecule has 0 saturated carbocycles. The first-order chi connectivity index (χ1) is 6.63. The molecule has 2 rings (SSSR count). The summed E-state index contributed by atoms with van der Waals surface area (Å²) in [5.74, 6) is 0. The molecule has 1 saturated heterocycles. The molecule has 0 amide bonds. The first kappa shape index (κ1) is 9.61. The van der Waals surface area contributed by atoms with Gasteiger partial charge in [-0.05, 0) is 19.8 Å². The smallest absolute Gasteiger partial charge is 0.111 e. The summed E-state index contributed by atoms with van der Waals surface area (Å²) in [6.07, 6.45) is 3.93. The Kier molecular flexibility index (Phi) is 2.28. The average Bonchev–Trinajstić information content (AvgIpc) is 2.73. The van der Waals surface area contributed by atoms with Crippen LogP contribution in [0.4, 0.5) is 0 Å². The van der Waals surface area contributed by atoms with Crippen molar-refractivity contribution in [2.75, 3.05) is 6.54 Å². The predicted molar refractivity (Wildman–Crippen MR) is 51.5 cm³/mol. The summed E-state index contributed by atoms with van der Waals surface area (Å²) in [6, 6.07) is 0. The average molecular weight is 196 g/mol. The maximum Gasteiger partial charge on any atom is 0.111 e. The lowest BCUT2D eigenvalue weighted by Gasteiger charge is -2.21. The summed E-state index contributed by atoms with van der Waals surface area (Å²) in [4.78, 5) is 0. The largest absolute Gasteiger partial charge is 0.364 e. The highest BCUT2D eigenvalue weighted by molar-refractivity contribution is 5.02. The molecule has 1 aromatic rings. The lowest BCUT2D eigenvalue weighted by molar-refractivity contribution is -0.0247. The minimum absolute atomic E-state index is 0.0669. The lowest BCUT2D eigenvalue weighted by Crippen LogP contribution is -2.33. The fourth-order valence-electron chi connectivity index (χ4n) is 1.77. The summed E-state index contributed by atoms with van der Waals surface area (Å²) < 4.78 is 7.55. The SMILES string of the molecule is Cn1cc(C2CCC(C)(CN)O2)nn1.